The zero-order chi connectivity index (χ0) is 23.9. The average molecular weight is 467 g/mol. The van der Waals surface area contributed by atoms with Gasteiger partial charge in [-0.25, -0.2) is 4.68 Å². The van der Waals surface area contributed by atoms with Crippen molar-refractivity contribution in [3.63, 3.8) is 0 Å². The number of methoxy groups -OCH3 is 1. The van der Waals surface area contributed by atoms with Gasteiger partial charge >= 0.3 is 0 Å². The first-order valence-electron chi connectivity index (χ1n) is 10.4. The summed E-state index contributed by atoms with van der Waals surface area (Å²) in [6.07, 6.45) is 2.87. The van der Waals surface area contributed by atoms with E-state index in [9.17, 15) is 9.59 Å². The maximum absolute atomic E-state index is 13.4. The lowest BCUT2D eigenvalue weighted by Crippen LogP contribution is -2.43. The first kappa shape index (κ1) is 22.6. The van der Waals surface area contributed by atoms with Crippen LogP contribution in [0, 0.1) is 0 Å². The second kappa shape index (κ2) is 8.40. The fraction of sp³-hybridized carbons (Fsp3) is 0.292. The van der Waals surface area contributed by atoms with Gasteiger partial charge in [0.2, 0.25) is 5.91 Å². The third-order valence-electron chi connectivity index (χ3n) is 5.63. The van der Waals surface area contributed by atoms with Crippen LogP contribution in [0.5, 0.6) is 11.5 Å². The average Bonchev–Trinajstić information content (AvgIpc) is 3.43. The van der Waals surface area contributed by atoms with Gasteiger partial charge in [-0.05, 0) is 44.4 Å². The Morgan fingerprint density at radius 2 is 2.09 bits per heavy atom. The standard InChI is InChI=1S/C24H26N4O4S/c1-24(2,3)27(4)23(30)21-17-12-32-19-11-18(31-5)14(6-7-20(25)29)10-16(19)22(17)28(26-21)15-8-9-33-13-15/h6-11,13H,12H2,1-5H3,(H2,25,29). The molecule has 0 saturated heterocycles. The Bertz CT molecular complexity index is 1250. The number of hydrogen-bond donors (Lipinski definition) is 1. The van der Waals surface area contributed by atoms with E-state index in [2.05, 4.69) is 0 Å². The Hall–Kier alpha value is -3.59. The molecule has 2 aromatic heterocycles. The number of nitrogens with zero attached hydrogens (tertiary/aromatic N) is 3. The third-order valence-corrected chi connectivity index (χ3v) is 6.30. The van der Waals surface area contributed by atoms with Gasteiger partial charge < -0.3 is 20.1 Å². The Kier molecular flexibility index (Phi) is 5.75. The molecule has 0 unspecified atom stereocenters. The first-order valence-corrected chi connectivity index (χ1v) is 11.3. The Labute approximate surface area is 196 Å². The molecule has 0 radical (unpaired) electrons. The summed E-state index contributed by atoms with van der Waals surface area (Å²) >= 11 is 1.55. The number of thiophene rings is 1. The molecular weight excluding hydrogens is 440 g/mol. The molecule has 9 heteroatoms. The van der Waals surface area contributed by atoms with Crippen LogP contribution in [-0.4, -0.2) is 46.2 Å². The van der Waals surface area contributed by atoms with Crippen molar-refractivity contribution in [3.8, 4) is 28.4 Å². The molecule has 0 spiro atoms. The summed E-state index contributed by atoms with van der Waals surface area (Å²) in [7, 11) is 3.32. The number of fused-ring (bicyclic) bond motifs is 3. The lowest BCUT2D eigenvalue weighted by molar-refractivity contribution is -0.113. The molecule has 3 heterocycles. The van der Waals surface area contributed by atoms with Gasteiger partial charge in [-0.1, -0.05) is 0 Å². The lowest BCUT2D eigenvalue weighted by Gasteiger charge is -2.31. The maximum Gasteiger partial charge on any atom is 0.274 e. The highest BCUT2D eigenvalue weighted by atomic mass is 32.1. The molecule has 2 N–H and O–H groups in total. The number of carbonyl (C=O) groups excluding carboxylic acids is 2. The highest BCUT2D eigenvalue weighted by Gasteiger charge is 2.34. The lowest BCUT2D eigenvalue weighted by atomic mass is 9.98. The Morgan fingerprint density at radius 1 is 1.33 bits per heavy atom. The summed E-state index contributed by atoms with van der Waals surface area (Å²) in [6.45, 7) is 6.12. The summed E-state index contributed by atoms with van der Waals surface area (Å²) in [5.74, 6) is 0.408. The predicted octanol–water partition coefficient (Wildman–Crippen LogP) is 3.87. The van der Waals surface area contributed by atoms with Crippen LogP contribution in [0.3, 0.4) is 0 Å². The van der Waals surface area contributed by atoms with Gasteiger partial charge in [0.15, 0.2) is 5.69 Å². The zero-order valence-electron chi connectivity index (χ0n) is 19.2. The minimum Gasteiger partial charge on any atom is -0.496 e. The van der Waals surface area contributed by atoms with Gasteiger partial charge in [0.25, 0.3) is 5.91 Å². The van der Waals surface area contributed by atoms with Crippen LogP contribution < -0.4 is 15.2 Å². The molecule has 33 heavy (non-hydrogen) atoms. The Balaban J connectivity index is 1.95. The van der Waals surface area contributed by atoms with Crippen LogP contribution >= 0.6 is 11.3 Å². The van der Waals surface area contributed by atoms with E-state index in [1.165, 1.54) is 6.08 Å². The summed E-state index contributed by atoms with van der Waals surface area (Å²) in [6, 6.07) is 5.58. The van der Waals surface area contributed by atoms with Crippen molar-refractivity contribution in [2.45, 2.75) is 32.9 Å². The van der Waals surface area contributed by atoms with Crippen LogP contribution in [0.25, 0.3) is 23.0 Å². The van der Waals surface area contributed by atoms with E-state index < -0.39 is 5.91 Å². The van der Waals surface area contributed by atoms with Crippen LogP contribution in [-0.2, 0) is 11.4 Å². The molecule has 0 saturated carbocycles. The zero-order valence-corrected chi connectivity index (χ0v) is 20.0. The van der Waals surface area contributed by atoms with Crippen molar-refractivity contribution in [2.75, 3.05) is 14.2 Å². The first-order chi connectivity index (χ1) is 15.6. The van der Waals surface area contributed by atoms with E-state index in [-0.39, 0.29) is 18.1 Å². The molecule has 8 nitrogen and oxygen atoms in total. The smallest absolute Gasteiger partial charge is 0.274 e. The molecule has 1 aliphatic rings. The van der Waals surface area contributed by atoms with Crippen molar-refractivity contribution in [2.24, 2.45) is 5.73 Å². The summed E-state index contributed by atoms with van der Waals surface area (Å²) in [5, 5.41) is 8.68. The molecule has 0 bridgehead atoms. The third kappa shape index (κ3) is 4.11. The number of ether oxygens (including phenoxy) is 2. The minimum atomic E-state index is -0.562. The predicted molar refractivity (Wildman–Crippen MR) is 128 cm³/mol. The fourth-order valence-electron chi connectivity index (χ4n) is 3.57. The second-order valence-electron chi connectivity index (χ2n) is 8.72. The van der Waals surface area contributed by atoms with Gasteiger partial charge in [-0.3, -0.25) is 9.59 Å². The molecular formula is C24H26N4O4S. The van der Waals surface area contributed by atoms with E-state index in [0.717, 1.165) is 16.9 Å². The van der Waals surface area contributed by atoms with Crippen LogP contribution in [0.1, 0.15) is 42.4 Å². The summed E-state index contributed by atoms with van der Waals surface area (Å²) in [5.41, 5.74) is 9.01. The normalized spacial score (nSPS) is 12.8. The van der Waals surface area contributed by atoms with Crippen LogP contribution in [0.2, 0.25) is 0 Å². The quantitative estimate of drug-likeness (QED) is 0.576. The number of carbonyl (C=O) groups is 2. The number of aromatic nitrogens is 2. The van der Waals surface area contributed by atoms with E-state index >= 15 is 0 Å². The van der Waals surface area contributed by atoms with E-state index in [0.29, 0.717) is 28.3 Å². The summed E-state index contributed by atoms with van der Waals surface area (Å²) in [4.78, 5) is 26.4. The SMILES string of the molecule is COc1cc2c(cc1C=CC(N)=O)-c1c(c(C(=O)N(C)C(C)(C)C)nn1-c1ccsc1)CO2. The molecule has 3 aromatic rings. The van der Waals surface area contributed by atoms with E-state index in [1.807, 2.05) is 43.7 Å². The maximum atomic E-state index is 13.4. The van der Waals surface area contributed by atoms with Crippen LogP contribution in [0.15, 0.2) is 35.0 Å². The molecule has 2 amide bonds. The fourth-order valence-corrected chi connectivity index (χ4v) is 4.19. The second-order valence-corrected chi connectivity index (χ2v) is 9.50. The van der Waals surface area contributed by atoms with Gasteiger partial charge in [-0.2, -0.15) is 16.4 Å². The number of nitrogens with two attached hydrogens (primary N) is 1. The Morgan fingerprint density at radius 3 is 2.70 bits per heavy atom. The van der Waals surface area contributed by atoms with Crippen molar-refractivity contribution < 1.29 is 19.1 Å². The monoisotopic (exact) mass is 466 g/mol. The number of rotatable bonds is 5. The minimum absolute atomic E-state index is 0.179. The molecule has 1 aliphatic heterocycles. The van der Waals surface area contributed by atoms with E-state index in [4.69, 9.17) is 20.3 Å². The van der Waals surface area contributed by atoms with Crippen LogP contribution in [0.4, 0.5) is 0 Å². The van der Waals surface area contributed by atoms with Crippen molar-refractivity contribution in [3.05, 3.63) is 51.9 Å². The van der Waals surface area contributed by atoms with Gasteiger partial charge in [0.05, 0.1) is 18.5 Å². The van der Waals surface area contributed by atoms with Crippen molar-refractivity contribution in [1.82, 2.24) is 14.7 Å². The van der Waals surface area contributed by atoms with Gasteiger partial charge in [0.1, 0.15) is 18.1 Å². The number of hydrogen-bond acceptors (Lipinski definition) is 6. The molecule has 0 atom stereocenters. The van der Waals surface area contributed by atoms with E-state index in [1.54, 1.807) is 47.2 Å². The van der Waals surface area contributed by atoms with Crippen molar-refractivity contribution in [1.29, 1.82) is 0 Å². The molecule has 0 aliphatic carbocycles. The molecule has 1 aromatic carbocycles. The van der Waals surface area contributed by atoms with Gasteiger partial charge in [-0.15, -0.1) is 0 Å². The highest BCUT2D eigenvalue weighted by Crippen LogP contribution is 2.44. The summed E-state index contributed by atoms with van der Waals surface area (Å²) < 4.78 is 13.3. The number of benzene rings is 1. The number of amides is 2. The van der Waals surface area contributed by atoms with Crippen molar-refractivity contribution >= 4 is 29.2 Å². The highest BCUT2D eigenvalue weighted by molar-refractivity contribution is 7.08. The van der Waals surface area contributed by atoms with Gasteiger partial charge in [0, 0.05) is 46.8 Å². The molecule has 4 rings (SSSR count). The molecule has 0 fully saturated rings. The molecule has 172 valence electrons. The topological polar surface area (TPSA) is 99.7 Å². The number of primary amides is 1. The largest absolute Gasteiger partial charge is 0.496 e.